The van der Waals surface area contributed by atoms with Gasteiger partial charge < -0.3 is 4.74 Å². The number of unbranched alkanes of at least 4 members (excludes halogenated alkanes) is 28. The lowest BCUT2D eigenvalue weighted by molar-refractivity contribution is 0.473. The quantitative estimate of drug-likeness (QED) is 0.0687. The molecule has 0 bridgehead atoms. The molecule has 0 N–H and O–H groups in total. The van der Waals surface area contributed by atoms with Gasteiger partial charge >= 0.3 is 0 Å². The van der Waals surface area contributed by atoms with E-state index >= 15 is 0 Å². The van der Waals surface area contributed by atoms with Crippen molar-refractivity contribution in [3.05, 3.63) is 59.7 Å². The van der Waals surface area contributed by atoms with Crippen LogP contribution < -0.4 is 4.74 Å². The van der Waals surface area contributed by atoms with E-state index < -0.39 is 0 Å². The maximum absolute atomic E-state index is 6.37. The lowest BCUT2D eigenvalue weighted by atomic mass is 10.0. The predicted molar refractivity (Wildman–Crippen MR) is 210 cm³/mol. The fourth-order valence-corrected chi connectivity index (χ4v) is 7.05. The Bertz CT molecular complexity index is 915. The van der Waals surface area contributed by atoms with Crippen molar-refractivity contribution in [3.63, 3.8) is 0 Å². The zero-order valence-corrected chi connectivity index (χ0v) is 31.7. The first-order valence-electron chi connectivity index (χ1n) is 21.2. The molecule has 0 saturated heterocycles. The maximum Gasteiger partial charge on any atom is 0.130 e. The van der Waals surface area contributed by atoms with Gasteiger partial charge in [0.25, 0.3) is 0 Å². The van der Waals surface area contributed by atoms with Crippen molar-refractivity contribution in [2.75, 3.05) is 0 Å². The molecule has 2 aromatic carbocycles. The zero-order chi connectivity index (χ0) is 33.3. The largest absolute Gasteiger partial charge is 0.457 e. The molecule has 0 aliphatic carbocycles. The zero-order valence-electron chi connectivity index (χ0n) is 31.7. The molecule has 0 radical (unpaired) electrons. The number of para-hydroxylation sites is 1. The van der Waals surface area contributed by atoms with E-state index in [4.69, 9.17) is 4.74 Å². The number of aryl methyl sites for hydroxylation is 2. The molecule has 0 aromatic heterocycles. The Labute approximate surface area is 294 Å². The highest BCUT2D eigenvalue weighted by Gasteiger charge is 2.05. The summed E-state index contributed by atoms with van der Waals surface area (Å²) in [5.74, 6) is 2.00. The van der Waals surface area contributed by atoms with Gasteiger partial charge in [-0.2, -0.15) is 0 Å². The Balaban J connectivity index is 1.45. The summed E-state index contributed by atoms with van der Waals surface area (Å²) >= 11 is 0. The Hall–Kier alpha value is -1.76. The van der Waals surface area contributed by atoms with E-state index in [1.54, 1.807) is 0 Å². The Kier molecular flexibility index (Phi) is 27.8. The maximum atomic E-state index is 6.37. The third kappa shape index (κ3) is 24.1. The van der Waals surface area contributed by atoms with Crippen molar-refractivity contribution in [2.24, 2.45) is 0 Å². The molecular weight excluding hydrogens is 569 g/mol. The van der Waals surface area contributed by atoms with Crippen molar-refractivity contribution < 1.29 is 4.74 Å². The van der Waals surface area contributed by atoms with E-state index in [2.05, 4.69) is 62.4 Å². The number of hydrogen-bond acceptors (Lipinski definition) is 1. The Morgan fingerprint density at radius 2 is 0.681 bits per heavy atom. The first-order valence-corrected chi connectivity index (χ1v) is 21.2. The summed E-state index contributed by atoms with van der Waals surface area (Å²) in [6.45, 7) is 4.60. The number of benzene rings is 2. The number of ether oxygens (including phenoxy) is 1. The van der Waals surface area contributed by atoms with Crippen LogP contribution in [0.2, 0.25) is 0 Å². The first kappa shape index (κ1) is 41.4. The standard InChI is InChI=1S/C46H78O/c1-3-5-7-9-11-13-15-17-19-21-23-25-27-29-31-35-43-39-41-45(42-40-43)47-46-38-34-33-37-44(46)36-32-30-28-26-24-22-20-18-16-14-12-10-8-6-4-2/h33-34,37-42H,3-32,35-36H2,1-2H3. The lowest BCUT2D eigenvalue weighted by Crippen LogP contribution is -1.93. The van der Waals surface area contributed by atoms with Crippen LogP contribution in [0.1, 0.15) is 218 Å². The van der Waals surface area contributed by atoms with Crippen LogP contribution in [0.15, 0.2) is 48.5 Å². The fraction of sp³-hybridized carbons (Fsp3) is 0.739. The van der Waals surface area contributed by atoms with Gasteiger partial charge in [0, 0.05) is 0 Å². The summed E-state index contributed by atoms with van der Waals surface area (Å²) in [4.78, 5) is 0. The molecule has 0 aliphatic rings. The molecule has 1 nitrogen and oxygen atoms in total. The molecule has 47 heavy (non-hydrogen) atoms. The molecule has 2 aromatic rings. The van der Waals surface area contributed by atoms with E-state index in [9.17, 15) is 0 Å². The smallest absolute Gasteiger partial charge is 0.130 e. The van der Waals surface area contributed by atoms with Crippen molar-refractivity contribution in [2.45, 2.75) is 219 Å². The second-order valence-electron chi connectivity index (χ2n) is 14.8. The molecule has 0 amide bonds. The van der Waals surface area contributed by atoms with Crippen molar-refractivity contribution in [3.8, 4) is 11.5 Å². The summed E-state index contributed by atoms with van der Waals surface area (Å²) < 4.78 is 6.37. The van der Waals surface area contributed by atoms with Crippen LogP contribution in [0.3, 0.4) is 0 Å². The highest BCUT2D eigenvalue weighted by Crippen LogP contribution is 2.27. The van der Waals surface area contributed by atoms with Gasteiger partial charge in [0.2, 0.25) is 0 Å². The Morgan fingerprint density at radius 1 is 0.340 bits per heavy atom. The van der Waals surface area contributed by atoms with Crippen LogP contribution >= 0.6 is 0 Å². The van der Waals surface area contributed by atoms with Gasteiger partial charge in [-0.3, -0.25) is 0 Å². The van der Waals surface area contributed by atoms with Gasteiger partial charge in [-0.15, -0.1) is 0 Å². The monoisotopic (exact) mass is 647 g/mol. The van der Waals surface area contributed by atoms with Crippen LogP contribution in [0, 0.1) is 0 Å². The summed E-state index contributed by atoms with van der Waals surface area (Å²) in [6.07, 6.45) is 44.8. The van der Waals surface area contributed by atoms with Crippen molar-refractivity contribution >= 4 is 0 Å². The molecule has 1 heteroatoms. The molecule has 0 heterocycles. The third-order valence-corrected chi connectivity index (χ3v) is 10.2. The molecule has 2 rings (SSSR count). The van der Waals surface area contributed by atoms with Gasteiger partial charge in [-0.25, -0.2) is 0 Å². The predicted octanol–water partition coefficient (Wildman–Crippen LogP) is 16.3. The average Bonchev–Trinajstić information content (AvgIpc) is 3.09. The van der Waals surface area contributed by atoms with E-state index in [0.29, 0.717) is 0 Å². The van der Waals surface area contributed by atoms with Gasteiger partial charge in [0.1, 0.15) is 11.5 Å². The summed E-state index contributed by atoms with van der Waals surface area (Å²) in [6, 6.07) is 17.6. The molecule has 0 saturated carbocycles. The van der Waals surface area contributed by atoms with Crippen LogP contribution in [0.5, 0.6) is 11.5 Å². The summed E-state index contributed by atoms with van der Waals surface area (Å²) in [5.41, 5.74) is 2.79. The fourth-order valence-electron chi connectivity index (χ4n) is 7.05. The van der Waals surface area contributed by atoms with Crippen LogP contribution in [0.25, 0.3) is 0 Å². The second kappa shape index (κ2) is 31.5. The SMILES string of the molecule is CCCCCCCCCCCCCCCCCc1ccc(Oc2ccccc2CCCCCCCCCCCCCCCCC)cc1. The molecule has 0 fully saturated rings. The first-order chi connectivity index (χ1) is 23.3. The number of hydrogen-bond donors (Lipinski definition) is 0. The van der Waals surface area contributed by atoms with E-state index in [1.165, 1.54) is 210 Å². The molecule has 0 spiro atoms. The summed E-state index contributed by atoms with van der Waals surface area (Å²) in [5, 5.41) is 0. The van der Waals surface area contributed by atoms with E-state index in [1.807, 2.05) is 0 Å². The third-order valence-electron chi connectivity index (χ3n) is 10.2. The van der Waals surface area contributed by atoms with Gasteiger partial charge in [0.15, 0.2) is 0 Å². The van der Waals surface area contributed by atoms with E-state index in [0.717, 1.165) is 17.9 Å². The Morgan fingerprint density at radius 3 is 1.09 bits per heavy atom. The van der Waals surface area contributed by atoms with E-state index in [-0.39, 0.29) is 0 Å². The normalized spacial score (nSPS) is 11.4. The van der Waals surface area contributed by atoms with Gasteiger partial charge in [-0.1, -0.05) is 224 Å². The molecular formula is C46H78O. The second-order valence-corrected chi connectivity index (χ2v) is 14.8. The molecule has 0 aliphatic heterocycles. The minimum absolute atomic E-state index is 0.967. The van der Waals surface area contributed by atoms with Gasteiger partial charge in [-0.05, 0) is 55.0 Å². The van der Waals surface area contributed by atoms with Crippen LogP contribution in [-0.4, -0.2) is 0 Å². The average molecular weight is 647 g/mol. The molecule has 0 unspecified atom stereocenters. The number of rotatable bonds is 34. The van der Waals surface area contributed by atoms with Crippen LogP contribution in [-0.2, 0) is 12.8 Å². The highest BCUT2D eigenvalue weighted by atomic mass is 16.5. The minimum atomic E-state index is 0.967. The highest BCUT2D eigenvalue weighted by molar-refractivity contribution is 5.38. The molecule has 268 valence electrons. The topological polar surface area (TPSA) is 9.23 Å². The van der Waals surface area contributed by atoms with Gasteiger partial charge in [0.05, 0.1) is 0 Å². The van der Waals surface area contributed by atoms with Crippen molar-refractivity contribution in [1.29, 1.82) is 0 Å². The van der Waals surface area contributed by atoms with Crippen LogP contribution in [0.4, 0.5) is 0 Å². The van der Waals surface area contributed by atoms with Crippen molar-refractivity contribution in [1.82, 2.24) is 0 Å². The summed E-state index contributed by atoms with van der Waals surface area (Å²) in [7, 11) is 0. The minimum Gasteiger partial charge on any atom is -0.457 e. The lowest BCUT2D eigenvalue weighted by Gasteiger charge is -2.12. The molecule has 0 atom stereocenters.